The lowest BCUT2D eigenvalue weighted by Gasteiger charge is -2.39. The molecule has 2 aliphatic rings. The molecule has 0 aromatic carbocycles. The van der Waals surface area contributed by atoms with Gasteiger partial charge < -0.3 is 14.5 Å². The van der Waals surface area contributed by atoms with Gasteiger partial charge in [0.05, 0.1) is 7.11 Å². The molecular formula is C17H22N6O. The lowest BCUT2D eigenvalue weighted by atomic mass is 10.0. The molecule has 0 atom stereocenters. The van der Waals surface area contributed by atoms with Crippen LogP contribution in [0.25, 0.3) is 0 Å². The van der Waals surface area contributed by atoms with Crippen LogP contribution in [0.5, 0.6) is 5.88 Å². The van der Waals surface area contributed by atoms with E-state index in [0.717, 1.165) is 37.7 Å². The maximum absolute atomic E-state index is 5.20. The van der Waals surface area contributed by atoms with E-state index in [0.29, 0.717) is 18.0 Å². The molecule has 1 aliphatic carbocycles. The third-order valence-electron chi connectivity index (χ3n) is 4.74. The molecule has 0 unspecified atom stereocenters. The van der Waals surface area contributed by atoms with E-state index in [4.69, 9.17) is 4.74 Å². The summed E-state index contributed by atoms with van der Waals surface area (Å²) < 4.78 is 5.20. The van der Waals surface area contributed by atoms with Crippen molar-refractivity contribution in [2.45, 2.75) is 37.8 Å². The van der Waals surface area contributed by atoms with Gasteiger partial charge >= 0.3 is 0 Å². The summed E-state index contributed by atoms with van der Waals surface area (Å²) in [4.78, 5) is 22.1. The first-order valence-corrected chi connectivity index (χ1v) is 8.51. The molecule has 0 radical (unpaired) electrons. The van der Waals surface area contributed by atoms with E-state index in [1.54, 1.807) is 25.7 Å². The van der Waals surface area contributed by atoms with Gasteiger partial charge in [0.2, 0.25) is 11.8 Å². The van der Waals surface area contributed by atoms with Crippen molar-refractivity contribution in [1.82, 2.24) is 19.9 Å². The van der Waals surface area contributed by atoms with E-state index < -0.39 is 0 Å². The molecule has 126 valence electrons. The first-order valence-electron chi connectivity index (χ1n) is 8.51. The van der Waals surface area contributed by atoms with Crippen LogP contribution < -0.4 is 14.5 Å². The van der Waals surface area contributed by atoms with Gasteiger partial charge in [0.15, 0.2) is 0 Å². The van der Waals surface area contributed by atoms with Crippen LogP contribution in [0.2, 0.25) is 0 Å². The first-order chi connectivity index (χ1) is 11.8. The topological polar surface area (TPSA) is 67.3 Å². The van der Waals surface area contributed by atoms with Crippen LogP contribution in [0.15, 0.2) is 30.9 Å². The third kappa shape index (κ3) is 3.11. The highest BCUT2D eigenvalue weighted by molar-refractivity contribution is 5.43. The summed E-state index contributed by atoms with van der Waals surface area (Å²) >= 11 is 0. The largest absolute Gasteiger partial charge is 0.481 e. The Kier molecular flexibility index (Phi) is 4.15. The van der Waals surface area contributed by atoms with Crippen molar-refractivity contribution in [3.05, 3.63) is 30.9 Å². The molecule has 2 aromatic heterocycles. The Balaban J connectivity index is 1.45. The summed E-state index contributed by atoms with van der Waals surface area (Å²) in [6.07, 6.45) is 9.93. The molecule has 7 heteroatoms. The zero-order valence-electron chi connectivity index (χ0n) is 13.9. The first kappa shape index (κ1) is 15.1. The molecule has 3 heterocycles. The summed E-state index contributed by atoms with van der Waals surface area (Å²) in [6.45, 7) is 1.90. The highest BCUT2D eigenvalue weighted by Gasteiger charge is 2.36. The van der Waals surface area contributed by atoms with Crippen molar-refractivity contribution in [1.29, 1.82) is 0 Å². The van der Waals surface area contributed by atoms with Gasteiger partial charge in [-0.1, -0.05) is 0 Å². The van der Waals surface area contributed by atoms with Crippen molar-refractivity contribution in [2.75, 3.05) is 30.0 Å². The fourth-order valence-electron chi connectivity index (χ4n) is 3.40. The SMILES string of the molecule is COc1ccnc(N2CCC(N(c3ccncn3)C3CC3)CC2)n1. The number of ether oxygens (including phenoxy) is 1. The van der Waals surface area contributed by atoms with Crippen LogP contribution in [-0.2, 0) is 0 Å². The molecule has 7 nitrogen and oxygen atoms in total. The normalized spacial score (nSPS) is 18.5. The van der Waals surface area contributed by atoms with Gasteiger partial charge in [-0.2, -0.15) is 4.98 Å². The predicted octanol–water partition coefficient (Wildman–Crippen LogP) is 1.91. The molecule has 1 aliphatic heterocycles. The van der Waals surface area contributed by atoms with E-state index in [1.807, 2.05) is 12.3 Å². The van der Waals surface area contributed by atoms with Crippen LogP contribution in [-0.4, -0.2) is 52.2 Å². The van der Waals surface area contributed by atoms with Crippen molar-refractivity contribution < 1.29 is 4.74 Å². The fraction of sp³-hybridized carbons (Fsp3) is 0.529. The average Bonchev–Trinajstić information content (AvgIpc) is 3.48. The molecule has 1 saturated heterocycles. The second kappa shape index (κ2) is 6.59. The van der Waals surface area contributed by atoms with Gasteiger partial charge in [-0.25, -0.2) is 15.0 Å². The quantitative estimate of drug-likeness (QED) is 0.831. The predicted molar refractivity (Wildman–Crippen MR) is 91.4 cm³/mol. The van der Waals surface area contributed by atoms with Gasteiger partial charge in [0.25, 0.3) is 0 Å². The molecule has 2 aromatic rings. The summed E-state index contributed by atoms with van der Waals surface area (Å²) in [7, 11) is 1.63. The molecule has 2 fully saturated rings. The second-order valence-corrected chi connectivity index (χ2v) is 6.32. The van der Waals surface area contributed by atoms with E-state index in [2.05, 4.69) is 29.7 Å². The minimum atomic E-state index is 0.522. The molecule has 24 heavy (non-hydrogen) atoms. The van der Waals surface area contributed by atoms with Crippen LogP contribution in [0.4, 0.5) is 11.8 Å². The number of hydrogen-bond acceptors (Lipinski definition) is 7. The number of methoxy groups -OCH3 is 1. The van der Waals surface area contributed by atoms with E-state index in [9.17, 15) is 0 Å². The van der Waals surface area contributed by atoms with Crippen LogP contribution in [0.1, 0.15) is 25.7 Å². The smallest absolute Gasteiger partial charge is 0.228 e. The minimum Gasteiger partial charge on any atom is -0.481 e. The van der Waals surface area contributed by atoms with Gasteiger partial charge in [-0.3, -0.25) is 0 Å². The lowest BCUT2D eigenvalue weighted by Crippen LogP contribution is -2.46. The van der Waals surface area contributed by atoms with Crippen LogP contribution in [0, 0.1) is 0 Å². The molecule has 0 amide bonds. The molecule has 0 bridgehead atoms. The Morgan fingerprint density at radius 3 is 2.50 bits per heavy atom. The van der Waals surface area contributed by atoms with Crippen molar-refractivity contribution in [3.8, 4) is 5.88 Å². The molecule has 0 spiro atoms. The average molecular weight is 326 g/mol. The van der Waals surface area contributed by atoms with Gasteiger partial charge in [0, 0.05) is 43.6 Å². The van der Waals surface area contributed by atoms with Crippen molar-refractivity contribution in [3.63, 3.8) is 0 Å². The second-order valence-electron chi connectivity index (χ2n) is 6.32. The highest BCUT2D eigenvalue weighted by atomic mass is 16.5. The number of hydrogen-bond donors (Lipinski definition) is 0. The summed E-state index contributed by atoms with van der Waals surface area (Å²) in [5.74, 6) is 2.43. The van der Waals surface area contributed by atoms with E-state index in [1.165, 1.54) is 12.8 Å². The number of rotatable bonds is 5. The van der Waals surface area contributed by atoms with Gasteiger partial charge in [0.1, 0.15) is 12.1 Å². The third-order valence-corrected chi connectivity index (χ3v) is 4.74. The van der Waals surface area contributed by atoms with Crippen LogP contribution in [0.3, 0.4) is 0 Å². The minimum absolute atomic E-state index is 0.522. The zero-order valence-corrected chi connectivity index (χ0v) is 13.9. The standard InChI is InChI=1S/C17H22N6O/c1-24-16-5-9-19-17(21-16)22-10-6-14(7-11-22)23(13-2-3-13)15-4-8-18-12-20-15/h4-5,8-9,12-14H,2-3,6-7,10-11H2,1H3. The Labute approximate surface area is 141 Å². The molecular weight excluding hydrogens is 304 g/mol. The van der Waals surface area contributed by atoms with Gasteiger partial charge in [-0.15, -0.1) is 0 Å². The summed E-state index contributed by atoms with van der Waals surface area (Å²) in [6, 6.07) is 4.97. The highest BCUT2D eigenvalue weighted by Crippen LogP contribution is 2.35. The maximum Gasteiger partial charge on any atom is 0.228 e. The lowest BCUT2D eigenvalue weighted by molar-refractivity contribution is 0.395. The van der Waals surface area contributed by atoms with Crippen LogP contribution >= 0.6 is 0 Å². The van der Waals surface area contributed by atoms with Crippen molar-refractivity contribution >= 4 is 11.8 Å². The number of nitrogens with zero attached hydrogens (tertiary/aromatic N) is 6. The summed E-state index contributed by atoms with van der Waals surface area (Å²) in [5, 5.41) is 0. The monoisotopic (exact) mass is 326 g/mol. The Hall–Kier alpha value is -2.44. The Bertz CT molecular complexity index is 670. The molecule has 0 N–H and O–H groups in total. The number of anilines is 2. The van der Waals surface area contributed by atoms with E-state index >= 15 is 0 Å². The van der Waals surface area contributed by atoms with E-state index in [-0.39, 0.29) is 0 Å². The molecule has 4 rings (SSSR count). The fourth-order valence-corrected chi connectivity index (χ4v) is 3.40. The maximum atomic E-state index is 5.20. The summed E-state index contributed by atoms with van der Waals surface area (Å²) in [5.41, 5.74) is 0. The zero-order chi connectivity index (χ0) is 16.4. The Morgan fingerprint density at radius 2 is 1.83 bits per heavy atom. The number of piperidine rings is 1. The van der Waals surface area contributed by atoms with Gasteiger partial charge in [-0.05, 0) is 31.7 Å². The van der Waals surface area contributed by atoms with Crippen molar-refractivity contribution in [2.24, 2.45) is 0 Å². The number of aromatic nitrogens is 4. The Morgan fingerprint density at radius 1 is 1.04 bits per heavy atom. The molecule has 1 saturated carbocycles.